The molecule has 1 atom stereocenters. The van der Waals surface area contributed by atoms with E-state index in [9.17, 15) is 18.0 Å². The maximum atomic E-state index is 12.9. The molecule has 0 fully saturated rings. The highest BCUT2D eigenvalue weighted by Gasteiger charge is 2.26. The Morgan fingerprint density at radius 3 is 2.47 bits per heavy atom. The number of ether oxygens (including phenoxy) is 1. The van der Waals surface area contributed by atoms with Gasteiger partial charge in [0.2, 0.25) is 15.9 Å². The molecule has 0 bridgehead atoms. The summed E-state index contributed by atoms with van der Waals surface area (Å²) in [6.07, 6.45) is 2.19. The minimum absolute atomic E-state index is 0.0453. The van der Waals surface area contributed by atoms with E-state index < -0.39 is 22.0 Å². The Bertz CT molecular complexity index is 1020. The summed E-state index contributed by atoms with van der Waals surface area (Å²) >= 11 is 0. The van der Waals surface area contributed by atoms with E-state index in [1.54, 1.807) is 26.2 Å². The predicted octanol–water partition coefficient (Wildman–Crippen LogP) is 2.79. The number of nitrogens with one attached hydrogen (secondary N) is 2. The van der Waals surface area contributed by atoms with Crippen LogP contribution < -0.4 is 10.6 Å². The lowest BCUT2D eigenvalue weighted by atomic mass is 10.0. The summed E-state index contributed by atoms with van der Waals surface area (Å²) in [5.41, 5.74) is 0.179. The van der Waals surface area contributed by atoms with E-state index in [-0.39, 0.29) is 22.3 Å². The average molecular weight is 494 g/mol. The number of rotatable bonds is 14. The van der Waals surface area contributed by atoms with Crippen molar-refractivity contribution in [1.29, 1.82) is 0 Å². The maximum absolute atomic E-state index is 12.9. The summed E-state index contributed by atoms with van der Waals surface area (Å²) in [5.74, 6) is -0.240. The Balaban J connectivity index is 1.93. The molecular weight excluding hydrogens is 458 g/mol. The third-order valence-corrected chi connectivity index (χ3v) is 7.31. The molecule has 0 aliphatic heterocycles. The van der Waals surface area contributed by atoms with Gasteiger partial charge in [0.15, 0.2) is 0 Å². The SMILES string of the molecule is CCN(CC)S(=O)(=O)c1cccc(C(=O)N[C@H](C(=O)NCCCOCc2ccco2)C(C)C)c1. The molecule has 2 rings (SSSR count). The fraction of sp³-hybridized carbons (Fsp3) is 0.500. The van der Waals surface area contributed by atoms with Gasteiger partial charge in [-0.2, -0.15) is 4.31 Å². The van der Waals surface area contributed by atoms with Crippen molar-refractivity contribution < 1.29 is 27.2 Å². The van der Waals surface area contributed by atoms with Gasteiger partial charge in [-0.1, -0.05) is 33.8 Å². The molecule has 1 aromatic carbocycles. The summed E-state index contributed by atoms with van der Waals surface area (Å²) in [7, 11) is -3.70. The van der Waals surface area contributed by atoms with Crippen LogP contribution in [0.1, 0.15) is 50.2 Å². The van der Waals surface area contributed by atoms with Gasteiger partial charge in [0, 0.05) is 31.8 Å². The number of carbonyl (C=O) groups excluding carboxylic acids is 2. The standard InChI is InChI=1S/C24H35N3O6S/c1-5-27(6-2)34(30,31)21-12-7-10-19(16-21)23(28)26-22(18(3)4)24(29)25-13-9-14-32-17-20-11-8-15-33-20/h7-8,10-12,15-16,18,22H,5-6,9,13-14,17H2,1-4H3,(H,25,29)(H,26,28)/t22-/m0/s1. The molecule has 0 radical (unpaired) electrons. The normalized spacial score (nSPS) is 12.6. The van der Waals surface area contributed by atoms with Crippen LogP contribution in [-0.4, -0.2) is 56.8 Å². The molecular formula is C24H35N3O6S. The molecule has 0 saturated carbocycles. The highest BCUT2D eigenvalue weighted by atomic mass is 32.2. The largest absolute Gasteiger partial charge is 0.467 e. The molecule has 1 aromatic heterocycles. The van der Waals surface area contributed by atoms with E-state index in [2.05, 4.69) is 10.6 Å². The Hall–Kier alpha value is -2.69. The van der Waals surface area contributed by atoms with E-state index in [1.165, 1.54) is 28.6 Å². The molecule has 0 aliphatic rings. The van der Waals surface area contributed by atoms with Crippen molar-refractivity contribution in [2.75, 3.05) is 26.2 Å². The number of amides is 2. The summed E-state index contributed by atoms with van der Waals surface area (Å²) in [4.78, 5) is 25.6. The molecule has 10 heteroatoms. The van der Waals surface area contributed by atoms with E-state index in [1.807, 2.05) is 19.9 Å². The number of furan rings is 1. The van der Waals surface area contributed by atoms with Gasteiger partial charge in [0.1, 0.15) is 18.4 Å². The van der Waals surface area contributed by atoms with Gasteiger partial charge in [-0.25, -0.2) is 8.42 Å². The Morgan fingerprint density at radius 2 is 1.85 bits per heavy atom. The third kappa shape index (κ3) is 7.68. The van der Waals surface area contributed by atoms with Gasteiger partial charge >= 0.3 is 0 Å². The van der Waals surface area contributed by atoms with Crippen molar-refractivity contribution in [3.05, 3.63) is 54.0 Å². The fourth-order valence-electron chi connectivity index (χ4n) is 3.33. The van der Waals surface area contributed by atoms with E-state index in [0.717, 1.165) is 5.76 Å². The lowest BCUT2D eigenvalue weighted by molar-refractivity contribution is -0.124. The van der Waals surface area contributed by atoms with E-state index >= 15 is 0 Å². The smallest absolute Gasteiger partial charge is 0.251 e. The summed E-state index contributed by atoms with van der Waals surface area (Å²) in [6, 6.07) is 8.71. The molecule has 2 aromatic rings. The second-order valence-corrected chi connectivity index (χ2v) is 10.0. The molecule has 34 heavy (non-hydrogen) atoms. The van der Waals surface area contributed by atoms with Crippen molar-refractivity contribution in [2.24, 2.45) is 5.92 Å². The number of sulfonamides is 1. The Labute approximate surface area is 201 Å². The summed E-state index contributed by atoms with van der Waals surface area (Å²) in [5, 5.41) is 5.56. The molecule has 0 spiro atoms. The molecule has 2 N–H and O–H groups in total. The van der Waals surface area contributed by atoms with Crippen LogP contribution in [0, 0.1) is 5.92 Å². The second kappa shape index (κ2) is 13.3. The zero-order chi connectivity index (χ0) is 25.1. The lowest BCUT2D eigenvalue weighted by Gasteiger charge is -2.22. The number of carbonyl (C=O) groups is 2. The lowest BCUT2D eigenvalue weighted by Crippen LogP contribution is -2.50. The first-order valence-electron chi connectivity index (χ1n) is 11.5. The molecule has 1 heterocycles. The van der Waals surface area contributed by atoms with Gasteiger partial charge in [-0.05, 0) is 42.7 Å². The van der Waals surface area contributed by atoms with Crippen molar-refractivity contribution in [3.8, 4) is 0 Å². The van der Waals surface area contributed by atoms with Gasteiger partial charge < -0.3 is 19.8 Å². The van der Waals surface area contributed by atoms with E-state index in [0.29, 0.717) is 39.3 Å². The minimum atomic E-state index is -3.70. The second-order valence-electron chi connectivity index (χ2n) is 8.09. The first-order chi connectivity index (χ1) is 16.2. The highest BCUT2D eigenvalue weighted by molar-refractivity contribution is 7.89. The minimum Gasteiger partial charge on any atom is -0.467 e. The van der Waals surface area contributed by atoms with Crippen molar-refractivity contribution in [2.45, 2.75) is 51.7 Å². The number of hydrogen-bond donors (Lipinski definition) is 2. The van der Waals surface area contributed by atoms with Crippen molar-refractivity contribution in [3.63, 3.8) is 0 Å². The summed E-state index contributed by atoms with van der Waals surface area (Å²) in [6.45, 7) is 9.06. The molecule has 2 amide bonds. The Morgan fingerprint density at radius 1 is 1.12 bits per heavy atom. The molecule has 188 valence electrons. The number of hydrogen-bond acceptors (Lipinski definition) is 6. The van der Waals surface area contributed by atoms with Crippen LogP contribution in [0.3, 0.4) is 0 Å². The average Bonchev–Trinajstić information content (AvgIpc) is 3.33. The van der Waals surface area contributed by atoms with Crippen LogP contribution in [0.5, 0.6) is 0 Å². The molecule has 9 nitrogen and oxygen atoms in total. The van der Waals surface area contributed by atoms with Crippen LogP contribution in [0.4, 0.5) is 0 Å². The first-order valence-corrected chi connectivity index (χ1v) is 12.9. The van der Waals surface area contributed by atoms with Crippen LogP contribution in [-0.2, 0) is 26.2 Å². The van der Waals surface area contributed by atoms with E-state index in [4.69, 9.17) is 9.15 Å². The maximum Gasteiger partial charge on any atom is 0.251 e. The first kappa shape index (κ1) is 27.6. The van der Waals surface area contributed by atoms with Crippen LogP contribution in [0.15, 0.2) is 52.0 Å². The summed E-state index contributed by atoms with van der Waals surface area (Å²) < 4.78 is 37.6. The molecule has 0 aliphatic carbocycles. The molecule has 0 saturated heterocycles. The fourth-order valence-corrected chi connectivity index (χ4v) is 4.84. The van der Waals surface area contributed by atoms with Gasteiger partial charge in [0.25, 0.3) is 5.91 Å². The highest BCUT2D eigenvalue weighted by Crippen LogP contribution is 2.17. The topological polar surface area (TPSA) is 118 Å². The van der Waals surface area contributed by atoms with Crippen molar-refractivity contribution >= 4 is 21.8 Å². The number of nitrogens with zero attached hydrogens (tertiary/aromatic N) is 1. The zero-order valence-electron chi connectivity index (χ0n) is 20.2. The van der Waals surface area contributed by atoms with Crippen LogP contribution in [0.2, 0.25) is 0 Å². The van der Waals surface area contributed by atoms with Gasteiger partial charge in [-0.15, -0.1) is 0 Å². The quantitative estimate of drug-likeness (QED) is 0.391. The Kier molecular flexibility index (Phi) is 10.7. The molecule has 0 unspecified atom stereocenters. The van der Waals surface area contributed by atoms with Gasteiger partial charge in [-0.3, -0.25) is 9.59 Å². The van der Waals surface area contributed by atoms with Crippen molar-refractivity contribution in [1.82, 2.24) is 14.9 Å². The monoisotopic (exact) mass is 493 g/mol. The van der Waals surface area contributed by atoms with Gasteiger partial charge in [0.05, 0.1) is 11.2 Å². The number of benzene rings is 1. The van der Waals surface area contributed by atoms with Crippen LogP contribution in [0.25, 0.3) is 0 Å². The predicted molar refractivity (Wildman–Crippen MR) is 129 cm³/mol. The zero-order valence-corrected chi connectivity index (χ0v) is 21.1. The van der Waals surface area contributed by atoms with Crippen LogP contribution >= 0.6 is 0 Å². The third-order valence-electron chi connectivity index (χ3n) is 5.26.